The molecule has 21 heavy (non-hydrogen) atoms. The van der Waals surface area contributed by atoms with Crippen LogP contribution in [0.1, 0.15) is 20.8 Å². The minimum atomic E-state index is -1.29. The lowest BCUT2D eigenvalue weighted by Crippen LogP contribution is -2.59. The lowest BCUT2D eigenvalue weighted by molar-refractivity contribution is -0.142. The third kappa shape index (κ3) is 6.32. The molecule has 0 saturated carbocycles. The van der Waals surface area contributed by atoms with Crippen LogP contribution in [-0.4, -0.2) is 58.0 Å². The molecule has 0 aliphatic rings. The van der Waals surface area contributed by atoms with Gasteiger partial charge in [-0.05, 0) is 12.8 Å². The largest absolute Gasteiger partial charge is 0.480 e. The lowest BCUT2D eigenvalue weighted by Gasteiger charge is -2.25. The van der Waals surface area contributed by atoms with Crippen LogP contribution in [0.3, 0.4) is 0 Å². The normalized spacial score (nSPS) is 16.7. The van der Waals surface area contributed by atoms with Crippen LogP contribution in [0.2, 0.25) is 0 Å². The second kappa shape index (κ2) is 8.85. The van der Waals surface area contributed by atoms with Gasteiger partial charge in [0, 0.05) is 5.75 Å². The van der Waals surface area contributed by atoms with Gasteiger partial charge < -0.3 is 26.6 Å². The molecule has 4 atom stereocenters. The van der Waals surface area contributed by atoms with Crippen molar-refractivity contribution in [3.63, 3.8) is 0 Å². The van der Waals surface area contributed by atoms with Gasteiger partial charge in [-0.3, -0.25) is 9.59 Å². The van der Waals surface area contributed by atoms with E-state index < -0.39 is 42.0 Å². The van der Waals surface area contributed by atoms with Crippen molar-refractivity contribution in [3.05, 3.63) is 0 Å². The third-order valence-electron chi connectivity index (χ3n) is 2.88. The van der Waals surface area contributed by atoms with Gasteiger partial charge in [0.2, 0.25) is 11.8 Å². The number of nitrogens with two attached hydrogens (primary N) is 1. The average molecular weight is 321 g/mol. The molecule has 0 rings (SSSR count). The Morgan fingerprint density at radius 1 is 1.14 bits per heavy atom. The van der Waals surface area contributed by atoms with Gasteiger partial charge >= 0.3 is 5.97 Å². The van der Waals surface area contributed by atoms with Crippen LogP contribution >= 0.6 is 12.6 Å². The molecule has 0 fully saturated rings. The summed E-state index contributed by atoms with van der Waals surface area (Å²) < 4.78 is 0. The van der Waals surface area contributed by atoms with E-state index in [2.05, 4.69) is 23.3 Å². The first kappa shape index (κ1) is 19.7. The van der Waals surface area contributed by atoms with E-state index in [1.807, 2.05) is 0 Å². The number of thiol groups is 1. The topological polar surface area (TPSA) is 142 Å². The maximum absolute atomic E-state index is 12.0. The molecule has 0 aromatic carbocycles. The minimum absolute atomic E-state index is 0.118. The van der Waals surface area contributed by atoms with E-state index in [4.69, 9.17) is 10.8 Å². The van der Waals surface area contributed by atoms with E-state index in [1.165, 1.54) is 6.92 Å². The molecule has 0 unspecified atom stereocenters. The van der Waals surface area contributed by atoms with Crippen LogP contribution in [0.4, 0.5) is 0 Å². The van der Waals surface area contributed by atoms with E-state index in [0.717, 1.165) is 0 Å². The number of aliphatic carboxylic acids is 1. The van der Waals surface area contributed by atoms with Crippen LogP contribution < -0.4 is 16.4 Å². The van der Waals surface area contributed by atoms with Crippen molar-refractivity contribution in [1.82, 2.24) is 10.6 Å². The summed E-state index contributed by atoms with van der Waals surface area (Å²) in [6, 6.07) is -3.33. The van der Waals surface area contributed by atoms with Crippen LogP contribution in [0.5, 0.6) is 0 Å². The predicted octanol–water partition coefficient (Wildman–Crippen LogP) is -1.67. The number of amides is 2. The zero-order chi connectivity index (χ0) is 16.7. The quantitative estimate of drug-likeness (QED) is 0.295. The molecule has 8 nitrogen and oxygen atoms in total. The summed E-state index contributed by atoms with van der Waals surface area (Å²) in [5, 5.41) is 23.0. The maximum atomic E-state index is 12.0. The van der Waals surface area contributed by atoms with Gasteiger partial charge in [-0.15, -0.1) is 0 Å². The van der Waals surface area contributed by atoms with Crippen molar-refractivity contribution in [2.45, 2.75) is 45.0 Å². The molecule has 122 valence electrons. The standard InChI is InChI=1S/C12H23N3O5S/c1-5(2)8(13)10(17)15-9(6(3)16)11(18)14-7(4-21)12(19)20/h5-9,16,21H,4,13H2,1-3H3,(H,14,18)(H,15,17)(H,19,20)/t6-,7+,8+,9+/m1/s1. The van der Waals surface area contributed by atoms with Crippen LogP contribution in [0, 0.1) is 5.92 Å². The highest BCUT2D eigenvalue weighted by atomic mass is 32.1. The first-order valence-corrected chi connectivity index (χ1v) is 7.13. The van der Waals surface area contributed by atoms with Gasteiger partial charge in [0.25, 0.3) is 0 Å². The highest BCUT2D eigenvalue weighted by molar-refractivity contribution is 7.80. The molecule has 0 aliphatic carbocycles. The van der Waals surface area contributed by atoms with Gasteiger partial charge in [-0.25, -0.2) is 4.79 Å². The van der Waals surface area contributed by atoms with E-state index in [-0.39, 0.29) is 11.7 Å². The van der Waals surface area contributed by atoms with Gasteiger partial charge in [0.15, 0.2) is 0 Å². The molecule has 0 heterocycles. The van der Waals surface area contributed by atoms with Gasteiger partial charge in [-0.1, -0.05) is 13.8 Å². The highest BCUT2D eigenvalue weighted by Crippen LogP contribution is 2.01. The maximum Gasteiger partial charge on any atom is 0.327 e. The summed E-state index contributed by atoms with van der Waals surface area (Å²) in [6.45, 7) is 4.79. The number of carboxylic acids is 1. The molecule has 0 bridgehead atoms. The number of aliphatic hydroxyl groups excluding tert-OH is 1. The Labute approximate surface area is 128 Å². The minimum Gasteiger partial charge on any atom is -0.480 e. The molecule has 0 radical (unpaired) electrons. The average Bonchev–Trinajstić information content (AvgIpc) is 2.39. The summed E-state index contributed by atoms with van der Waals surface area (Å²) >= 11 is 3.81. The second-order valence-corrected chi connectivity index (χ2v) is 5.44. The number of carbonyl (C=O) groups is 3. The van der Waals surface area contributed by atoms with Crippen molar-refractivity contribution in [2.24, 2.45) is 11.7 Å². The Morgan fingerprint density at radius 2 is 1.67 bits per heavy atom. The van der Waals surface area contributed by atoms with Crippen LogP contribution in [0.25, 0.3) is 0 Å². The smallest absolute Gasteiger partial charge is 0.327 e. The van der Waals surface area contributed by atoms with Crippen molar-refractivity contribution in [1.29, 1.82) is 0 Å². The highest BCUT2D eigenvalue weighted by Gasteiger charge is 2.30. The van der Waals surface area contributed by atoms with Crippen molar-refractivity contribution in [3.8, 4) is 0 Å². The molecular weight excluding hydrogens is 298 g/mol. The molecule has 0 aromatic rings. The molecular formula is C12H23N3O5S. The monoisotopic (exact) mass is 321 g/mol. The molecule has 9 heteroatoms. The predicted molar refractivity (Wildman–Crippen MR) is 79.8 cm³/mol. The summed E-state index contributed by atoms with van der Waals surface area (Å²) in [4.78, 5) is 34.6. The zero-order valence-corrected chi connectivity index (χ0v) is 13.1. The number of hydrogen-bond acceptors (Lipinski definition) is 6. The Bertz CT molecular complexity index is 389. The third-order valence-corrected chi connectivity index (χ3v) is 3.25. The Balaban J connectivity index is 4.87. The summed E-state index contributed by atoms with van der Waals surface area (Å²) in [7, 11) is 0. The fourth-order valence-corrected chi connectivity index (χ4v) is 1.65. The SMILES string of the molecule is CC(C)[C@H](N)C(=O)N[C@H](C(=O)N[C@@H](CS)C(=O)O)[C@@H](C)O. The lowest BCUT2D eigenvalue weighted by atomic mass is 10.0. The van der Waals surface area contributed by atoms with Gasteiger partial charge in [0.05, 0.1) is 12.1 Å². The fraction of sp³-hybridized carbons (Fsp3) is 0.750. The van der Waals surface area contributed by atoms with Gasteiger partial charge in [0.1, 0.15) is 12.1 Å². The van der Waals surface area contributed by atoms with Crippen LogP contribution in [-0.2, 0) is 14.4 Å². The fourth-order valence-electron chi connectivity index (χ4n) is 1.40. The molecule has 0 saturated heterocycles. The Morgan fingerprint density at radius 3 is 2.00 bits per heavy atom. The number of carbonyl (C=O) groups excluding carboxylic acids is 2. The summed E-state index contributed by atoms with van der Waals surface area (Å²) in [5.74, 6) is -2.92. The van der Waals surface area contributed by atoms with Crippen molar-refractivity contribution < 1.29 is 24.6 Å². The number of carboxylic acid groups (broad SMARTS) is 1. The van der Waals surface area contributed by atoms with E-state index >= 15 is 0 Å². The van der Waals surface area contributed by atoms with Crippen LogP contribution in [0.15, 0.2) is 0 Å². The van der Waals surface area contributed by atoms with E-state index in [0.29, 0.717) is 0 Å². The van der Waals surface area contributed by atoms with Crippen molar-refractivity contribution in [2.75, 3.05) is 5.75 Å². The zero-order valence-electron chi connectivity index (χ0n) is 12.2. The van der Waals surface area contributed by atoms with Crippen molar-refractivity contribution >= 4 is 30.4 Å². The second-order valence-electron chi connectivity index (χ2n) is 5.08. The molecule has 0 aliphatic heterocycles. The number of nitrogens with one attached hydrogen (secondary N) is 2. The van der Waals surface area contributed by atoms with E-state index in [1.54, 1.807) is 13.8 Å². The van der Waals surface area contributed by atoms with Gasteiger partial charge in [-0.2, -0.15) is 12.6 Å². The Kier molecular flexibility index (Phi) is 8.30. The van der Waals surface area contributed by atoms with E-state index in [9.17, 15) is 19.5 Å². The number of aliphatic hydroxyl groups is 1. The summed E-state index contributed by atoms with van der Waals surface area (Å²) in [5.41, 5.74) is 5.65. The molecule has 2 amide bonds. The first-order chi connectivity index (χ1) is 9.61. The molecule has 6 N–H and O–H groups in total. The molecule has 0 spiro atoms. The molecule has 0 aromatic heterocycles. The Hall–Kier alpha value is -1.32. The number of hydrogen-bond donors (Lipinski definition) is 6. The summed E-state index contributed by atoms with van der Waals surface area (Å²) in [6.07, 6.45) is -1.21. The first-order valence-electron chi connectivity index (χ1n) is 6.49. The number of rotatable bonds is 8.